The second-order valence-corrected chi connectivity index (χ2v) is 5.53. The van der Waals surface area contributed by atoms with E-state index in [1.54, 1.807) is 0 Å². The smallest absolute Gasteiger partial charge is 0.256 e. The van der Waals surface area contributed by atoms with E-state index >= 15 is 0 Å². The van der Waals surface area contributed by atoms with Crippen LogP contribution in [0.15, 0.2) is 18.2 Å². The van der Waals surface area contributed by atoms with E-state index in [1.807, 2.05) is 30.0 Å². The van der Waals surface area contributed by atoms with Crippen molar-refractivity contribution in [3.63, 3.8) is 0 Å². The molecule has 0 radical (unpaired) electrons. The van der Waals surface area contributed by atoms with Crippen molar-refractivity contribution >= 4 is 17.3 Å². The molecule has 2 N–H and O–H groups in total. The number of piperidine rings is 1. The number of benzene rings is 1. The van der Waals surface area contributed by atoms with Gasteiger partial charge in [0.15, 0.2) is 0 Å². The lowest BCUT2D eigenvalue weighted by Crippen LogP contribution is -2.41. The van der Waals surface area contributed by atoms with Gasteiger partial charge in [0.05, 0.1) is 23.0 Å². The minimum absolute atomic E-state index is 0.123. The number of para-hydroxylation sites is 1. The van der Waals surface area contributed by atoms with Crippen molar-refractivity contribution in [2.24, 2.45) is 0 Å². The maximum Gasteiger partial charge on any atom is 0.256 e. The molecule has 1 amide bonds. The van der Waals surface area contributed by atoms with E-state index in [0.29, 0.717) is 6.10 Å². The normalized spacial score (nSPS) is 18.6. The van der Waals surface area contributed by atoms with Crippen LogP contribution >= 0.6 is 0 Å². The van der Waals surface area contributed by atoms with Crippen molar-refractivity contribution in [1.29, 1.82) is 0 Å². The van der Waals surface area contributed by atoms with Crippen LogP contribution in [0.4, 0.5) is 11.4 Å². The SMILES string of the molecule is CCOC1CCN(C(=O)c2cccc3c2NCCN3)CC1. The Kier molecular flexibility index (Phi) is 4.29. The van der Waals surface area contributed by atoms with Crippen LogP contribution in [-0.4, -0.2) is 49.7 Å². The molecular weight excluding hydrogens is 266 g/mol. The Bertz CT molecular complexity index is 510. The largest absolute Gasteiger partial charge is 0.382 e. The molecule has 0 bridgehead atoms. The lowest BCUT2D eigenvalue weighted by molar-refractivity contribution is 0.0146. The number of ether oxygens (including phenoxy) is 1. The van der Waals surface area contributed by atoms with Crippen LogP contribution in [0.2, 0.25) is 0 Å². The maximum atomic E-state index is 12.8. The van der Waals surface area contributed by atoms with Gasteiger partial charge in [0, 0.05) is 32.8 Å². The first-order valence-corrected chi connectivity index (χ1v) is 7.81. The fourth-order valence-corrected chi connectivity index (χ4v) is 3.08. The van der Waals surface area contributed by atoms with Crippen LogP contribution in [0.1, 0.15) is 30.1 Å². The van der Waals surface area contributed by atoms with E-state index in [9.17, 15) is 4.79 Å². The lowest BCUT2D eigenvalue weighted by Gasteiger charge is -2.33. The first kappa shape index (κ1) is 14.2. The summed E-state index contributed by atoms with van der Waals surface area (Å²) in [6.45, 7) is 6.07. The molecule has 0 unspecified atom stereocenters. The molecule has 0 atom stereocenters. The molecule has 2 heterocycles. The van der Waals surface area contributed by atoms with Gasteiger partial charge in [0.1, 0.15) is 0 Å². The Labute approximate surface area is 125 Å². The molecular formula is C16H23N3O2. The molecule has 0 aromatic heterocycles. The Morgan fingerprint density at radius 1 is 1.29 bits per heavy atom. The van der Waals surface area contributed by atoms with E-state index in [0.717, 1.165) is 62.6 Å². The van der Waals surface area contributed by atoms with Gasteiger partial charge in [0.2, 0.25) is 0 Å². The number of carbonyl (C=O) groups excluding carboxylic acids is 1. The predicted octanol–water partition coefficient (Wildman–Crippen LogP) is 2.17. The minimum atomic E-state index is 0.123. The average molecular weight is 289 g/mol. The number of hydrogen-bond donors (Lipinski definition) is 2. The third-order valence-corrected chi connectivity index (χ3v) is 4.17. The van der Waals surface area contributed by atoms with E-state index in [4.69, 9.17) is 4.74 Å². The Hall–Kier alpha value is -1.75. The monoisotopic (exact) mass is 289 g/mol. The summed E-state index contributed by atoms with van der Waals surface area (Å²) in [7, 11) is 0. The number of anilines is 2. The molecule has 3 rings (SSSR count). The molecule has 1 aromatic carbocycles. The van der Waals surface area contributed by atoms with Gasteiger partial charge in [-0.25, -0.2) is 0 Å². The standard InChI is InChI=1S/C16H23N3O2/c1-2-21-12-6-10-19(11-7-12)16(20)13-4-3-5-14-15(13)18-9-8-17-14/h3-5,12,17-18H,2,6-11H2,1H3. The summed E-state index contributed by atoms with van der Waals surface area (Å²) in [5, 5.41) is 6.68. The molecule has 21 heavy (non-hydrogen) atoms. The van der Waals surface area contributed by atoms with Gasteiger partial charge < -0.3 is 20.3 Å². The third-order valence-electron chi connectivity index (χ3n) is 4.17. The maximum absolute atomic E-state index is 12.8. The first-order chi connectivity index (χ1) is 10.3. The van der Waals surface area contributed by atoms with E-state index in [1.165, 1.54) is 0 Å². The van der Waals surface area contributed by atoms with Gasteiger partial charge in [0.25, 0.3) is 5.91 Å². The summed E-state index contributed by atoms with van der Waals surface area (Å²) in [5.74, 6) is 0.123. The fourth-order valence-electron chi connectivity index (χ4n) is 3.08. The van der Waals surface area contributed by atoms with Gasteiger partial charge in [-0.3, -0.25) is 4.79 Å². The first-order valence-electron chi connectivity index (χ1n) is 7.81. The minimum Gasteiger partial charge on any atom is -0.382 e. The van der Waals surface area contributed by atoms with Crippen LogP contribution in [0.5, 0.6) is 0 Å². The number of fused-ring (bicyclic) bond motifs is 1. The van der Waals surface area contributed by atoms with Crippen LogP contribution in [0.25, 0.3) is 0 Å². The van der Waals surface area contributed by atoms with Crippen LogP contribution in [0.3, 0.4) is 0 Å². The summed E-state index contributed by atoms with van der Waals surface area (Å²) in [5.41, 5.74) is 2.74. The Morgan fingerprint density at radius 3 is 2.81 bits per heavy atom. The topological polar surface area (TPSA) is 53.6 Å². The van der Waals surface area contributed by atoms with Gasteiger partial charge in [-0.2, -0.15) is 0 Å². The van der Waals surface area contributed by atoms with Crippen LogP contribution in [-0.2, 0) is 4.74 Å². The van der Waals surface area contributed by atoms with Crippen molar-refractivity contribution in [2.75, 3.05) is 43.4 Å². The van der Waals surface area contributed by atoms with Crippen LogP contribution < -0.4 is 10.6 Å². The molecule has 0 saturated carbocycles. The molecule has 0 spiro atoms. The number of nitrogens with zero attached hydrogens (tertiary/aromatic N) is 1. The highest BCUT2D eigenvalue weighted by Gasteiger charge is 2.26. The molecule has 5 heteroatoms. The summed E-state index contributed by atoms with van der Waals surface area (Å²) in [4.78, 5) is 14.7. The second kappa shape index (κ2) is 6.35. The number of likely N-dealkylation sites (tertiary alicyclic amines) is 1. The van der Waals surface area contributed by atoms with Crippen molar-refractivity contribution in [3.8, 4) is 0 Å². The molecule has 5 nitrogen and oxygen atoms in total. The summed E-state index contributed by atoms with van der Waals surface area (Å²) < 4.78 is 5.65. The highest BCUT2D eigenvalue weighted by atomic mass is 16.5. The zero-order valence-corrected chi connectivity index (χ0v) is 12.5. The van der Waals surface area contributed by atoms with Crippen molar-refractivity contribution in [1.82, 2.24) is 4.90 Å². The molecule has 2 aliphatic rings. The number of carbonyl (C=O) groups is 1. The number of hydrogen-bond acceptors (Lipinski definition) is 4. The summed E-state index contributed by atoms with van der Waals surface area (Å²) >= 11 is 0. The molecule has 1 saturated heterocycles. The number of nitrogens with one attached hydrogen (secondary N) is 2. The van der Waals surface area contributed by atoms with Gasteiger partial charge in [-0.05, 0) is 31.9 Å². The molecule has 2 aliphatic heterocycles. The highest BCUT2D eigenvalue weighted by molar-refractivity contribution is 6.02. The zero-order chi connectivity index (χ0) is 14.7. The van der Waals surface area contributed by atoms with Gasteiger partial charge >= 0.3 is 0 Å². The molecule has 1 fully saturated rings. The van der Waals surface area contributed by atoms with E-state index in [2.05, 4.69) is 10.6 Å². The van der Waals surface area contributed by atoms with Crippen molar-refractivity contribution < 1.29 is 9.53 Å². The Balaban J connectivity index is 1.72. The van der Waals surface area contributed by atoms with Crippen molar-refractivity contribution in [2.45, 2.75) is 25.9 Å². The second-order valence-electron chi connectivity index (χ2n) is 5.53. The third kappa shape index (κ3) is 2.97. The highest BCUT2D eigenvalue weighted by Crippen LogP contribution is 2.30. The zero-order valence-electron chi connectivity index (χ0n) is 12.5. The van der Waals surface area contributed by atoms with Crippen LogP contribution in [0, 0.1) is 0 Å². The Morgan fingerprint density at radius 2 is 2.05 bits per heavy atom. The van der Waals surface area contributed by atoms with Crippen molar-refractivity contribution in [3.05, 3.63) is 23.8 Å². The van der Waals surface area contributed by atoms with Gasteiger partial charge in [-0.1, -0.05) is 6.07 Å². The fraction of sp³-hybridized carbons (Fsp3) is 0.562. The number of rotatable bonds is 3. The molecule has 1 aromatic rings. The average Bonchev–Trinajstić information content (AvgIpc) is 2.55. The lowest BCUT2D eigenvalue weighted by atomic mass is 10.0. The van der Waals surface area contributed by atoms with E-state index in [-0.39, 0.29) is 5.91 Å². The summed E-state index contributed by atoms with van der Waals surface area (Å²) in [6.07, 6.45) is 2.17. The molecule has 114 valence electrons. The molecule has 0 aliphatic carbocycles. The van der Waals surface area contributed by atoms with Gasteiger partial charge in [-0.15, -0.1) is 0 Å². The number of amides is 1. The predicted molar refractivity (Wildman–Crippen MR) is 84.0 cm³/mol. The summed E-state index contributed by atoms with van der Waals surface area (Å²) in [6, 6.07) is 5.87. The quantitative estimate of drug-likeness (QED) is 0.895. The van der Waals surface area contributed by atoms with E-state index < -0.39 is 0 Å².